The van der Waals surface area contributed by atoms with Crippen LogP contribution in [-0.2, 0) is 10.0 Å². The number of aromatic nitrogens is 6. The number of hydrogen-bond donors (Lipinski definition) is 1. The van der Waals surface area contributed by atoms with Crippen LogP contribution in [0.2, 0.25) is 0 Å². The molecular formula is C32H29N7O6S. The smallest absolute Gasteiger partial charge is 0.317 e. The summed E-state index contributed by atoms with van der Waals surface area (Å²) in [6, 6.07) is 15.2. The molecule has 0 unspecified atom stereocenters. The first-order valence-electron chi connectivity index (χ1n) is 13.9. The van der Waals surface area contributed by atoms with Gasteiger partial charge in [0.2, 0.25) is 5.75 Å². The Morgan fingerprint density at radius 2 is 1.54 bits per heavy atom. The number of rotatable bonds is 12. The molecule has 0 amide bonds. The zero-order valence-corrected chi connectivity index (χ0v) is 25.9. The number of ether oxygens (including phenoxy) is 4. The molecule has 0 saturated heterocycles. The second-order valence-corrected chi connectivity index (χ2v) is 11.3. The molecule has 46 heavy (non-hydrogen) atoms. The molecule has 0 radical (unpaired) electrons. The molecule has 0 aliphatic rings. The Morgan fingerprint density at radius 3 is 2.22 bits per heavy atom. The zero-order chi connectivity index (χ0) is 32.4. The molecule has 0 aliphatic heterocycles. The highest BCUT2D eigenvalue weighted by molar-refractivity contribution is 7.92. The van der Waals surface area contributed by atoms with Gasteiger partial charge in [-0.2, -0.15) is 13.4 Å². The van der Waals surface area contributed by atoms with Crippen molar-refractivity contribution in [1.29, 1.82) is 0 Å². The standard InChI is InChI=1S/C32H29N7O6S/c1-22(2)24-11-12-27(36-21-24)46(40,41)39-30-28(45-26-10-5-4-9-25(26)42-3)31(38-29(37-30)23-13-17-33-18-14-23)43-19-6-7-20-44-32-34-15-8-16-35-32/h4-5,8-18,21-22H,19-20H2,1-3H3,(H,37,38,39). The fraction of sp³-hybridized carbons (Fsp3) is 0.188. The number of nitrogens with one attached hydrogen (secondary N) is 1. The second kappa shape index (κ2) is 14.8. The highest BCUT2D eigenvalue weighted by Gasteiger charge is 2.26. The summed E-state index contributed by atoms with van der Waals surface area (Å²) >= 11 is 0. The highest BCUT2D eigenvalue weighted by atomic mass is 32.2. The Kier molecular flexibility index (Phi) is 10.2. The third-order valence-electron chi connectivity index (χ3n) is 6.21. The van der Waals surface area contributed by atoms with Crippen molar-refractivity contribution in [2.24, 2.45) is 0 Å². The van der Waals surface area contributed by atoms with Gasteiger partial charge < -0.3 is 18.9 Å². The van der Waals surface area contributed by atoms with Crippen molar-refractivity contribution in [3.05, 3.63) is 91.1 Å². The van der Waals surface area contributed by atoms with Gasteiger partial charge in [-0.3, -0.25) is 9.71 Å². The van der Waals surface area contributed by atoms with E-state index >= 15 is 0 Å². The molecule has 0 spiro atoms. The lowest BCUT2D eigenvalue weighted by molar-refractivity contribution is 0.322. The Hall–Kier alpha value is -5.81. The second-order valence-electron chi connectivity index (χ2n) is 9.67. The van der Waals surface area contributed by atoms with Crippen molar-refractivity contribution >= 4 is 15.8 Å². The molecule has 4 aromatic heterocycles. The van der Waals surface area contributed by atoms with Crippen LogP contribution >= 0.6 is 0 Å². The molecule has 0 fully saturated rings. The fourth-order valence-electron chi connectivity index (χ4n) is 3.87. The third-order valence-corrected chi connectivity index (χ3v) is 7.46. The van der Waals surface area contributed by atoms with Crippen molar-refractivity contribution in [1.82, 2.24) is 29.9 Å². The molecule has 1 N–H and O–H groups in total. The first kappa shape index (κ1) is 31.6. The summed E-state index contributed by atoms with van der Waals surface area (Å²) in [7, 11) is -2.76. The number of anilines is 1. The molecule has 5 rings (SSSR count). The minimum absolute atomic E-state index is 0.0115. The van der Waals surface area contributed by atoms with E-state index < -0.39 is 10.0 Å². The van der Waals surface area contributed by atoms with Crippen molar-refractivity contribution < 1.29 is 27.4 Å². The van der Waals surface area contributed by atoms with Crippen LogP contribution in [0.1, 0.15) is 25.3 Å². The molecule has 0 bridgehead atoms. The molecule has 4 heterocycles. The molecule has 14 heteroatoms. The predicted molar refractivity (Wildman–Crippen MR) is 168 cm³/mol. The Morgan fingerprint density at radius 1 is 0.826 bits per heavy atom. The van der Waals surface area contributed by atoms with E-state index in [0.717, 1.165) is 5.56 Å². The number of pyridine rings is 2. The molecule has 0 atom stereocenters. The van der Waals surface area contributed by atoms with E-state index in [2.05, 4.69) is 46.5 Å². The maximum atomic E-state index is 13.6. The zero-order valence-electron chi connectivity index (χ0n) is 25.1. The molecule has 13 nitrogen and oxygen atoms in total. The number of para-hydroxylation sites is 2. The first-order chi connectivity index (χ1) is 22.3. The summed E-state index contributed by atoms with van der Waals surface area (Å²) in [4.78, 5) is 25.3. The van der Waals surface area contributed by atoms with E-state index in [1.165, 1.54) is 19.4 Å². The van der Waals surface area contributed by atoms with Gasteiger partial charge in [0.1, 0.15) is 0 Å². The van der Waals surface area contributed by atoms with Crippen molar-refractivity contribution in [2.45, 2.75) is 24.8 Å². The lowest BCUT2D eigenvalue weighted by Gasteiger charge is -2.18. The number of hydrogen-bond acceptors (Lipinski definition) is 12. The largest absolute Gasteiger partial charge is 0.493 e. The SMILES string of the molecule is COc1ccccc1Oc1c(NS(=O)(=O)c2ccc(C(C)C)cn2)nc(-c2ccncc2)nc1OCC#CCOc1ncccn1. The van der Waals surface area contributed by atoms with Crippen molar-refractivity contribution in [3.8, 4) is 52.4 Å². The predicted octanol–water partition coefficient (Wildman–Crippen LogP) is 4.91. The molecule has 234 valence electrons. The lowest BCUT2D eigenvalue weighted by atomic mass is 10.1. The Labute approximate surface area is 266 Å². The Balaban J connectivity index is 1.53. The topological polar surface area (TPSA) is 160 Å². The van der Waals surface area contributed by atoms with E-state index in [9.17, 15) is 8.42 Å². The van der Waals surface area contributed by atoms with Crippen LogP contribution in [0.3, 0.4) is 0 Å². The van der Waals surface area contributed by atoms with Gasteiger partial charge in [0.05, 0.1) is 7.11 Å². The van der Waals surface area contributed by atoms with Gasteiger partial charge in [0, 0.05) is 36.5 Å². The summed E-state index contributed by atoms with van der Waals surface area (Å²) in [6.45, 7) is 3.84. The summed E-state index contributed by atoms with van der Waals surface area (Å²) in [5, 5.41) is -0.208. The minimum atomic E-state index is -4.25. The lowest BCUT2D eigenvalue weighted by Crippen LogP contribution is -2.17. The molecule has 0 saturated carbocycles. The van der Waals surface area contributed by atoms with Gasteiger partial charge in [-0.15, -0.1) is 0 Å². The monoisotopic (exact) mass is 639 g/mol. The van der Waals surface area contributed by atoms with Gasteiger partial charge in [0.25, 0.3) is 15.9 Å². The van der Waals surface area contributed by atoms with Gasteiger partial charge in [-0.1, -0.05) is 43.9 Å². The van der Waals surface area contributed by atoms with Gasteiger partial charge in [0.15, 0.2) is 41.4 Å². The van der Waals surface area contributed by atoms with Gasteiger partial charge >= 0.3 is 6.01 Å². The van der Waals surface area contributed by atoms with E-state index in [1.807, 2.05) is 13.8 Å². The average Bonchev–Trinajstić information content (AvgIpc) is 3.08. The summed E-state index contributed by atoms with van der Waals surface area (Å²) in [5.74, 6) is 6.19. The molecule has 5 aromatic rings. The van der Waals surface area contributed by atoms with Crippen LogP contribution in [0.25, 0.3) is 11.4 Å². The minimum Gasteiger partial charge on any atom is -0.493 e. The van der Waals surface area contributed by atoms with Crippen LogP contribution in [0, 0.1) is 11.8 Å². The number of methoxy groups -OCH3 is 1. The van der Waals surface area contributed by atoms with Crippen molar-refractivity contribution in [3.63, 3.8) is 0 Å². The van der Waals surface area contributed by atoms with E-state index in [0.29, 0.717) is 11.3 Å². The first-order valence-corrected chi connectivity index (χ1v) is 15.4. The summed E-state index contributed by atoms with van der Waals surface area (Å²) in [6.07, 6.45) is 7.75. The van der Waals surface area contributed by atoms with E-state index in [1.54, 1.807) is 73.3 Å². The molecule has 0 aliphatic carbocycles. The van der Waals surface area contributed by atoms with Crippen molar-refractivity contribution in [2.75, 3.05) is 25.0 Å². The summed E-state index contributed by atoms with van der Waals surface area (Å²) < 4.78 is 52.7. The third kappa shape index (κ3) is 8.01. The van der Waals surface area contributed by atoms with Gasteiger partial charge in [-0.05, 0) is 47.9 Å². The van der Waals surface area contributed by atoms with Gasteiger partial charge in [-0.25, -0.2) is 19.9 Å². The average molecular weight is 640 g/mol. The number of nitrogens with zero attached hydrogens (tertiary/aromatic N) is 6. The van der Waals surface area contributed by atoms with Crippen LogP contribution in [0.5, 0.6) is 29.1 Å². The van der Waals surface area contributed by atoms with Crippen LogP contribution < -0.4 is 23.7 Å². The van der Waals surface area contributed by atoms with E-state index in [4.69, 9.17) is 18.9 Å². The van der Waals surface area contributed by atoms with Crippen LogP contribution in [0.4, 0.5) is 5.82 Å². The highest BCUT2D eigenvalue weighted by Crippen LogP contribution is 2.41. The normalized spacial score (nSPS) is 10.9. The van der Waals surface area contributed by atoms with Crippen LogP contribution in [0.15, 0.2) is 90.6 Å². The quantitative estimate of drug-likeness (QED) is 0.184. The Bertz CT molecular complexity index is 1930. The molecular weight excluding hydrogens is 610 g/mol. The van der Waals surface area contributed by atoms with Crippen LogP contribution in [-0.4, -0.2) is 58.6 Å². The number of sulfonamides is 1. The fourth-order valence-corrected chi connectivity index (χ4v) is 4.81. The van der Waals surface area contributed by atoms with E-state index in [-0.39, 0.29) is 59.2 Å². The maximum absolute atomic E-state index is 13.6. The maximum Gasteiger partial charge on any atom is 0.317 e. The molecule has 1 aromatic carbocycles. The number of benzene rings is 1. The summed E-state index contributed by atoms with van der Waals surface area (Å²) in [5.41, 5.74) is 1.44.